The van der Waals surface area contributed by atoms with Crippen molar-refractivity contribution in [2.45, 2.75) is 58.4 Å². The third kappa shape index (κ3) is 4.12. The minimum atomic E-state index is 0.644. The highest BCUT2D eigenvalue weighted by molar-refractivity contribution is 4.76. The zero-order chi connectivity index (χ0) is 11.1. The molecule has 2 unspecified atom stereocenters. The highest BCUT2D eigenvalue weighted by atomic mass is 15.2. The first-order valence-electron chi connectivity index (χ1n) is 6.75. The molecule has 0 aliphatic carbocycles. The van der Waals surface area contributed by atoms with Crippen molar-refractivity contribution in [2.24, 2.45) is 11.7 Å². The molecule has 2 atom stereocenters. The molecule has 1 heterocycles. The topological polar surface area (TPSA) is 29.3 Å². The molecular formula is C13H28N2. The SMILES string of the molecule is CCCC(CN)N1CCCC(CC)CC1. The van der Waals surface area contributed by atoms with Gasteiger partial charge in [0, 0.05) is 12.6 Å². The first kappa shape index (κ1) is 13.0. The standard InChI is InChI=1S/C13H28N2/c1-3-6-13(11-14)15-9-5-7-12(4-2)8-10-15/h12-13H,3-11,14H2,1-2H3. The van der Waals surface area contributed by atoms with E-state index in [-0.39, 0.29) is 0 Å². The summed E-state index contributed by atoms with van der Waals surface area (Å²) in [5, 5.41) is 0. The molecule has 0 saturated carbocycles. The molecule has 0 bridgehead atoms. The van der Waals surface area contributed by atoms with Gasteiger partial charge in [-0.15, -0.1) is 0 Å². The van der Waals surface area contributed by atoms with Crippen LogP contribution in [0.2, 0.25) is 0 Å². The van der Waals surface area contributed by atoms with Crippen molar-refractivity contribution in [3.63, 3.8) is 0 Å². The molecule has 1 fully saturated rings. The number of rotatable bonds is 5. The lowest BCUT2D eigenvalue weighted by molar-refractivity contribution is 0.194. The van der Waals surface area contributed by atoms with Crippen molar-refractivity contribution < 1.29 is 0 Å². The molecule has 1 rings (SSSR count). The van der Waals surface area contributed by atoms with Crippen LogP contribution in [0.4, 0.5) is 0 Å². The Balaban J connectivity index is 2.40. The highest BCUT2D eigenvalue weighted by Gasteiger charge is 2.20. The first-order valence-corrected chi connectivity index (χ1v) is 6.75. The zero-order valence-electron chi connectivity index (χ0n) is 10.5. The fourth-order valence-electron chi connectivity index (χ4n) is 2.74. The normalized spacial score (nSPS) is 26.2. The van der Waals surface area contributed by atoms with E-state index in [9.17, 15) is 0 Å². The monoisotopic (exact) mass is 212 g/mol. The Morgan fingerprint density at radius 2 is 2.07 bits per heavy atom. The molecule has 1 saturated heterocycles. The van der Waals surface area contributed by atoms with Crippen LogP contribution >= 0.6 is 0 Å². The van der Waals surface area contributed by atoms with Gasteiger partial charge in [-0.3, -0.25) is 4.90 Å². The van der Waals surface area contributed by atoms with Crippen LogP contribution in [0.5, 0.6) is 0 Å². The van der Waals surface area contributed by atoms with Gasteiger partial charge < -0.3 is 5.73 Å². The van der Waals surface area contributed by atoms with Crippen molar-refractivity contribution in [1.82, 2.24) is 4.90 Å². The molecular weight excluding hydrogens is 184 g/mol. The summed E-state index contributed by atoms with van der Waals surface area (Å²) in [5.74, 6) is 0.968. The van der Waals surface area contributed by atoms with E-state index in [0.29, 0.717) is 6.04 Å². The molecule has 2 nitrogen and oxygen atoms in total. The van der Waals surface area contributed by atoms with Crippen LogP contribution in [-0.4, -0.2) is 30.6 Å². The molecule has 0 spiro atoms. The molecule has 15 heavy (non-hydrogen) atoms. The van der Waals surface area contributed by atoms with Crippen LogP contribution in [0.3, 0.4) is 0 Å². The van der Waals surface area contributed by atoms with Crippen LogP contribution in [0.1, 0.15) is 52.4 Å². The van der Waals surface area contributed by atoms with E-state index in [4.69, 9.17) is 5.73 Å². The van der Waals surface area contributed by atoms with E-state index >= 15 is 0 Å². The predicted octanol–water partition coefficient (Wildman–Crippen LogP) is 2.63. The second-order valence-corrected chi connectivity index (χ2v) is 4.92. The van der Waals surface area contributed by atoms with Crippen LogP contribution < -0.4 is 5.73 Å². The van der Waals surface area contributed by atoms with E-state index < -0.39 is 0 Å². The van der Waals surface area contributed by atoms with Gasteiger partial charge in [0.05, 0.1) is 0 Å². The fraction of sp³-hybridized carbons (Fsp3) is 1.00. The van der Waals surface area contributed by atoms with Gasteiger partial charge in [0.25, 0.3) is 0 Å². The Kier molecular flexibility index (Phi) is 6.26. The molecule has 2 N–H and O–H groups in total. The fourth-order valence-corrected chi connectivity index (χ4v) is 2.74. The second kappa shape index (κ2) is 7.24. The summed E-state index contributed by atoms with van der Waals surface area (Å²) in [7, 11) is 0. The first-order chi connectivity index (χ1) is 7.31. The Hall–Kier alpha value is -0.0800. The molecule has 0 amide bonds. The Labute approximate surface area is 95.2 Å². The number of nitrogens with zero attached hydrogens (tertiary/aromatic N) is 1. The molecule has 0 aromatic heterocycles. The Morgan fingerprint density at radius 1 is 1.27 bits per heavy atom. The maximum atomic E-state index is 5.87. The number of likely N-dealkylation sites (tertiary alicyclic amines) is 1. The maximum Gasteiger partial charge on any atom is 0.0218 e. The lowest BCUT2D eigenvalue weighted by Crippen LogP contribution is -2.41. The van der Waals surface area contributed by atoms with Crippen molar-refractivity contribution in [2.75, 3.05) is 19.6 Å². The van der Waals surface area contributed by atoms with Crippen molar-refractivity contribution in [3.8, 4) is 0 Å². The summed E-state index contributed by atoms with van der Waals surface area (Å²) in [6.45, 7) is 7.98. The smallest absolute Gasteiger partial charge is 0.0218 e. The van der Waals surface area contributed by atoms with E-state index in [1.165, 1.54) is 51.6 Å². The minimum Gasteiger partial charge on any atom is -0.329 e. The van der Waals surface area contributed by atoms with Gasteiger partial charge in [-0.2, -0.15) is 0 Å². The third-order valence-corrected chi connectivity index (χ3v) is 3.87. The third-order valence-electron chi connectivity index (χ3n) is 3.87. The van der Waals surface area contributed by atoms with E-state index in [1.54, 1.807) is 0 Å². The summed E-state index contributed by atoms with van der Waals surface area (Å²) in [6.07, 6.45) is 8.07. The van der Waals surface area contributed by atoms with Crippen molar-refractivity contribution in [1.29, 1.82) is 0 Å². The average Bonchev–Trinajstić information content (AvgIpc) is 2.51. The highest BCUT2D eigenvalue weighted by Crippen LogP contribution is 2.22. The molecule has 2 heteroatoms. The van der Waals surface area contributed by atoms with Gasteiger partial charge in [0.15, 0.2) is 0 Å². The summed E-state index contributed by atoms with van der Waals surface area (Å²) < 4.78 is 0. The summed E-state index contributed by atoms with van der Waals surface area (Å²) >= 11 is 0. The lowest BCUT2D eigenvalue weighted by atomic mass is 9.98. The van der Waals surface area contributed by atoms with Crippen molar-refractivity contribution in [3.05, 3.63) is 0 Å². The van der Waals surface area contributed by atoms with Crippen LogP contribution in [0, 0.1) is 5.92 Å². The zero-order valence-corrected chi connectivity index (χ0v) is 10.5. The number of nitrogens with two attached hydrogens (primary N) is 1. The molecule has 0 radical (unpaired) electrons. The summed E-state index contributed by atoms with van der Waals surface area (Å²) in [4.78, 5) is 2.64. The van der Waals surface area contributed by atoms with Gasteiger partial charge in [-0.1, -0.05) is 26.7 Å². The Morgan fingerprint density at radius 3 is 2.67 bits per heavy atom. The summed E-state index contributed by atoms with van der Waals surface area (Å²) in [5.41, 5.74) is 5.87. The molecule has 1 aliphatic heterocycles. The molecule has 0 aromatic carbocycles. The lowest BCUT2D eigenvalue weighted by Gasteiger charge is -2.29. The molecule has 0 aromatic rings. The van der Waals surface area contributed by atoms with Crippen LogP contribution in [-0.2, 0) is 0 Å². The van der Waals surface area contributed by atoms with E-state index in [1.807, 2.05) is 0 Å². The van der Waals surface area contributed by atoms with Gasteiger partial charge in [-0.25, -0.2) is 0 Å². The van der Waals surface area contributed by atoms with Gasteiger partial charge in [-0.05, 0) is 44.7 Å². The van der Waals surface area contributed by atoms with Crippen LogP contribution in [0.15, 0.2) is 0 Å². The van der Waals surface area contributed by atoms with Gasteiger partial charge in [0.1, 0.15) is 0 Å². The average molecular weight is 212 g/mol. The van der Waals surface area contributed by atoms with E-state index in [0.717, 1.165) is 12.5 Å². The minimum absolute atomic E-state index is 0.644. The van der Waals surface area contributed by atoms with Crippen LogP contribution in [0.25, 0.3) is 0 Å². The predicted molar refractivity (Wildman–Crippen MR) is 67.0 cm³/mol. The Bertz CT molecular complexity index is 159. The quantitative estimate of drug-likeness (QED) is 0.759. The molecule has 1 aliphatic rings. The number of hydrogen-bond donors (Lipinski definition) is 1. The van der Waals surface area contributed by atoms with Crippen molar-refractivity contribution >= 4 is 0 Å². The number of hydrogen-bond acceptors (Lipinski definition) is 2. The second-order valence-electron chi connectivity index (χ2n) is 4.92. The van der Waals surface area contributed by atoms with Gasteiger partial charge >= 0.3 is 0 Å². The maximum absolute atomic E-state index is 5.87. The summed E-state index contributed by atoms with van der Waals surface area (Å²) in [6, 6.07) is 0.644. The largest absolute Gasteiger partial charge is 0.329 e. The van der Waals surface area contributed by atoms with E-state index in [2.05, 4.69) is 18.7 Å². The van der Waals surface area contributed by atoms with Gasteiger partial charge in [0.2, 0.25) is 0 Å². The molecule has 90 valence electrons.